The van der Waals surface area contributed by atoms with Crippen LogP contribution in [-0.4, -0.2) is 4.98 Å². The van der Waals surface area contributed by atoms with Crippen LogP contribution in [0.4, 0.5) is 0 Å². The molecule has 2 heteroatoms. The van der Waals surface area contributed by atoms with Crippen molar-refractivity contribution < 1.29 is 4.42 Å². The second-order valence-electron chi connectivity index (χ2n) is 2.10. The molecule has 0 bridgehead atoms. The van der Waals surface area contributed by atoms with Crippen LogP contribution in [0, 0.1) is 0 Å². The van der Waals surface area contributed by atoms with E-state index >= 15 is 0 Å². The molecule has 1 heterocycles. The molecule has 0 saturated heterocycles. The molecule has 13 heavy (non-hydrogen) atoms. The second kappa shape index (κ2) is 7.59. The van der Waals surface area contributed by atoms with Gasteiger partial charge in [-0.05, 0) is 18.9 Å². The van der Waals surface area contributed by atoms with Gasteiger partial charge in [0.25, 0.3) is 0 Å². The lowest BCUT2D eigenvalue weighted by Gasteiger charge is -1.98. The minimum Gasteiger partial charge on any atom is -0.444 e. The fraction of sp³-hybridized carbons (Fsp3) is 0.545. The first kappa shape index (κ1) is 11.9. The van der Waals surface area contributed by atoms with E-state index in [1.54, 1.807) is 0 Å². The van der Waals surface area contributed by atoms with Gasteiger partial charge >= 0.3 is 0 Å². The quantitative estimate of drug-likeness (QED) is 0.610. The smallest absolute Gasteiger partial charge is 0.181 e. The molecule has 0 spiro atoms. The molecule has 1 aliphatic carbocycles. The van der Waals surface area contributed by atoms with Crippen LogP contribution in [0.3, 0.4) is 0 Å². The van der Waals surface area contributed by atoms with Gasteiger partial charge in [-0.3, -0.25) is 0 Å². The van der Waals surface area contributed by atoms with Crippen molar-refractivity contribution in [3.63, 3.8) is 0 Å². The highest BCUT2D eigenvalue weighted by Gasteiger charge is 2.06. The standard InChI is InChI=1S/C7H7NO.2C2H6/c1-2-4-7-6(3-1)8-5-9-7;2*1-2/h2,4-5H,1,3H2;2*1-2H3. The van der Waals surface area contributed by atoms with Gasteiger partial charge in [0.1, 0.15) is 5.76 Å². The fourth-order valence-electron chi connectivity index (χ4n) is 1.01. The van der Waals surface area contributed by atoms with Crippen LogP contribution in [0.5, 0.6) is 0 Å². The molecule has 0 fully saturated rings. The number of nitrogens with zero attached hydrogens (tertiary/aromatic N) is 1. The van der Waals surface area contributed by atoms with Crippen LogP contribution in [0.25, 0.3) is 6.08 Å². The molecule has 2 nitrogen and oxygen atoms in total. The van der Waals surface area contributed by atoms with Gasteiger partial charge in [0, 0.05) is 0 Å². The number of allylic oxidation sites excluding steroid dienone is 1. The van der Waals surface area contributed by atoms with Gasteiger partial charge in [-0.25, -0.2) is 4.98 Å². The van der Waals surface area contributed by atoms with Crippen molar-refractivity contribution in [3.8, 4) is 0 Å². The molecule has 1 aromatic heterocycles. The van der Waals surface area contributed by atoms with Crippen molar-refractivity contribution in [2.24, 2.45) is 0 Å². The summed E-state index contributed by atoms with van der Waals surface area (Å²) in [5.74, 6) is 0.932. The Morgan fingerprint density at radius 3 is 2.54 bits per heavy atom. The highest BCUT2D eigenvalue weighted by atomic mass is 16.3. The Balaban J connectivity index is 0.000000322. The number of aryl methyl sites for hydroxylation is 1. The number of fused-ring (bicyclic) bond motifs is 1. The van der Waals surface area contributed by atoms with Gasteiger partial charge in [0.05, 0.1) is 5.69 Å². The molecular weight excluding hydrogens is 162 g/mol. The lowest BCUT2D eigenvalue weighted by molar-refractivity contribution is 0.545. The van der Waals surface area contributed by atoms with Crippen molar-refractivity contribution in [1.82, 2.24) is 4.98 Å². The number of aromatic nitrogens is 1. The van der Waals surface area contributed by atoms with Gasteiger partial charge in [-0.15, -0.1) is 0 Å². The summed E-state index contributed by atoms with van der Waals surface area (Å²) in [5, 5.41) is 0. The van der Waals surface area contributed by atoms with Crippen LogP contribution < -0.4 is 0 Å². The molecule has 0 N–H and O–H groups in total. The Labute approximate surface area is 80.7 Å². The first-order chi connectivity index (χ1) is 6.47. The van der Waals surface area contributed by atoms with E-state index in [-0.39, 0.29) is 0 Å². The molecule has 1 aliphatic rings. The van der Waals surface area contributed by atoms with Gasteiger partial charge in [-0.2, -0.15) is 0 Å². The summed E-state index contributed by atoms with van der Waals surface area (Å²) in [6.45, 7) is 8.00. The molecule has 0 aliphatic heterocycles. The lowest BCUT2D eigenvalue weighted by Crippen LogP contribution is -1.90. The molecular formula is C11H19NO. The highest BCUT2D eigenvalue weighted by molar-refractivity contribution is 5.47. The molecule has 0 atom stereocenters. The van der Waals surface area contributed by atoms with Gasteiger partial charge in [0.2, 0.25) is 0 Å². The lowest BCUT2D eigenvalue weighted by atomic mass is 10.1. The van der Waals surface area contributed by atoms with E-state index in [0.717, 1.165) is 24.3 Å². The normalized spacial score (nSPS) is 11.7. The molecule has 0 radical (unpaired) electrons. The Bertz CT molecular complexity index is 238. The summed E-state index contributed by atoms with van der Waals surface area (Å²) in [5.41, 5.74) is 1.09. The minimum absolute atomic E-state index is 0.932. The predicted octanol–water partition coefficient (Wildman–Crippen LogP) is 3.69. The summed E-state index contributed by atoms with van der Waals surface area (Å²) < 4.78 is 5.06. The Kier molecular flexibility index (Phi) is 6.98. The molecule has 0 unspecified atom stereocenters. The number of hydrogen-bond acceptors (Lipinski definition) is 2. The van der Waals surface area contributed by atoms with Crippen LogP contribution in [-0.2, 0) is 6.42 Å². The first-order valence-electron chi connectivity index (χ1n) is 5.06. The van der Waals surface area contributed by atoms with Crippen molar-refractivity contribution in [3.05, 3.63) is 23.9 Å². The maximum Gasteiger partial charge on any atom is 0.181 e. The minimum atomic E-state index is 0.932. The summed E-state index contributed by atoms with van der Waals surface area (Å²) in [6, 6.07) is 0. The number of hydrogen-bond donors (Lipinski definition) is 0. The summed E-state index contributed by atoms with van der Waals surface area (Å²) >= 11 is 0. The third kappa shape index (κ3) is 3.45. The predicted molar refractivity (Wildman–Crippen MR) is 56.6 cm³/mol. The molecule has 74 valence electrons. The van der Waals surface area contributed by atoms with E-state index in [4.69, 9.17) is 4.42 Å². The van der Waals surface area contributed by atoms with E-state index in [1.807, 2.05) is 33.8 Å². The molecule has 0 aromatic carbocycles. The molecule has 2 rings (SSSR count). The zero-order chi connectivity index (χ0) is 10.1. The molecule has 0 amide bonds. The Morgan fingerprint density at radius 1 is 1.23 bits per heavy atom. The van der Waals surface area contributed by atoms with Crippen LogP contribution in [0.2, 0.25) is 0 Å². The monoisotopic (exact) mass is 181 g/mol. The molecule has 0 saturated carbocycles. The van der Waals surface area contributed by atoms with Gasteiger partial charge < -0.3 is 4.42 Å². The fourth-order valence-corrected chi connectivity index (χ4v) is 1.01. The zero-order valence-electron chi connectivity index (χ0n) is 9.00. The van der Waals surface area contributed by atoms with E-state index in [1.165, 1.54) is 6.39 Å². The van der Waals surface area contributed by atoms with Crippen LogP contribution in [0.1, 0.15) is 45.6 Å². The van der Waals surface area contributed by atoms with Gasteiger partial charge in [0.15, 0.2) is 6.39 Å². The first-order valence-corrected chi connectivity index (χ1v) is 5.06. The van der Waals surface area contributed by atoms with Crippen molar-refractivity contribution in [2.45, 2.75) is 40.5 Å². The average Bonchev–Trinajstić information content (AvgIpc) is 2.71. The summed E-state index contributed by atoms with van der Waals surface area (Å²) in [7, 11) is 0. The van der Waals surface area contributed by atoms with Gasteiger partial charge in [-0.1, -0.05) is 33.8 Å². The van der Waals surface area contributed by atoms with Crippen molar-refractivity contribution >= 4 is 6.08 Å². The largest absolute Gasteiger partial charge is 0.444 e. The maximum absolute atomic E-state index is 5.06. The topological polar surface area (TPSA) is 26.0 Å². The molecule has 1 aromatic rings. The van der Waals surface area contributed by atoms with Crippen LogP contribution in [0.15, 0.2) is 16.9 Å². The van der Waals surface area contributed by atoms with E-state index in [0.29, 0.717) is 0 Å². The third-order valence-electron chi connectivity index (χ3n) is 1.49. The number of oxazole rings is 1. The Hall–Kier alpha value is -1.05. The SMILES string of the molecule is C1=Cc2ocnc2CC1.CC.CC. The maximum atomic E-state index is 5.06. The van der Waals surface area contributed by atoms with Crippen molar-refractivity contribution in [2.75, 3.05) is 0 Å². The second-order valence-corrected chi connectivity index (χ2v) is 2.10. The summed E-state index contributed by atoms with van der Waals surface area (Å²) in [4.78, 5) is 4.04. The van der Waals surface area contributed by atoms with E-state index in [2.05, 4.69) is 11.1 Å². The zero-order valence-corrected chi connectivity index (χ0v) is 9.00. The Morgan fingerprint density at radius 2 is 1.92 bits per heavy atom. The van der Waals surface area contributed by atoms with E-state index < -0.39 is 0 Å². The van der Waals surface area contributed by atoms with Crippen LogP contribution >= 0.6 is 0 Å². The van der Waals surface area contributed by atoms with E-state index in [9.17, 15) is 0 Å². The number of rotatable bonds is 0. The van der Waals surface area contributed by atoms with Crippen molar-refractivity contribution in [1.29, 1.82) is 0 Å². The average molecular weight is 181 g/mol. The highest BCUT2D eigenvalue weighted by Crippen LogP contribution is 2.16. The summed E-state index contributed by atoms with van der Waals surface area (Å²) in [6.07, 6.45) is 7.71. The third-order valence-corrected chi connectivity index (χ3v) is 1.49.